The molecule has 2 aromatic rings. The van der Waals surface area contributed by atoms with Crippen LogP contribution in [0.1, 0.15) is 33.2 Å². The lowest BCUT2D eigenvalue weighted by Crippen LogP contribution is -2.31. The van der Waals surface area contributed by atoms with Crippen molar-refractivity contribution in [1.82, 2.24) is 5.32 Å². The Kier molecular flexibility index (Phi) is 5.48. The summed E-state index contributed by atoms with van der Waals surface area (Å²) in [6.07, 6.45) is -0.820. The molecule has 0 spiro atoms. The molecule has 0 saturated heterocycles. The van der Waals surface area contributed by atoms with E-state index in [-0.39, 0.29) is 18.1 Å². The second-order valence-electron chi connectivity index (χ2n) is 4.66. The maximum absolute atomic E-state index is 12.2. The van der Waals surface area contributed by atoms with Gasteiger partial charge in [0.25, 0.3) is 11.8 Å². The third kappa shape index (κ3) is 4.40. The van der Waals surface area contributed by atoms with E-state index in [1.165, 1.54) is 17.4 Å². The lowest BCUT2D eigenvalue weighted by Gasteiger charge is -2.07. The molecular weight excluding hydrogens is 316 g/mol. The van der Waals surface area contributed by atoms with Crippen molar-refractivity contribution < 1.29 is 19.1 Å². The molecule has 0 saturated carbocycles. The third-order valence-electron chi connectivity index (χ3n) is 2.91. The molecule has 3 amide bonds. The third-order valence-corrected chi connectivity index (χ3v) is 3.74. The molecule has 120 valence electrons. The molecule has 0 aliphatic heterocycles. The highest BCUT2D eigenvalue weighted by Crippen LogP contribution is 2.24. The predicted octanol–water partition coefficient (Wildman–Crippen LogP) is 3.20. The van der Waals surface area contributed by atoms with E-state index in [4.69, 9.17) is 0 Å². The van der Waals surface area contributed by atoms with Crippen molar-refractivity contribution in [3.63, 3.8) is 0 Å². The van der Waals surface area contributed by atoms with E-state index in [9.17, 15) is 14.4 Å². The Morgan fingerprint density at radius 1 is 1.17 bits per heavy atom. The van der Waals surface area contributed by atoms with Crippen LogP contribution in [0.25, 0.3) is 0 Å². The Hall–Kier alpha value is -2.67. The Balaban J connectivity index is 2.10. The van der Waals surface area contributed by atoms with Crippen molar-refractivity contribution in [3.05, 3.63) is 52.4 Å². The standard InChI is InChI=1S/C16H16N2O4S/c1-3-22-16(21)18-14(20)12-7-8-23-15(12)17-13(19)11-6-4-5-10(2)9-11/h4-9H,3H2,1-2H3,(H,17,19)(H,18,20,21). The number of ether oxygens (including phenoxy) is 1. The first-order chi connectivity index (χ1) is 11.0. The molecule has 0 bridgehead atoms. The van der Waals surface area contributed by atoms with Crippen molar-refractivity contribution in [3.8, 4) is 0 Å². The summed E-state index contributed by atoms with van der Waals surface area (Å²) in [5, 5.41) is 6.82. The molecule has 0 aliphatic rings. The van der Waals surface area contributed by atoms with Gasteiger partial charge in [-0.15, -0.1) is 11.3 Å². The number of alkyl carbamates (subject to hydrolysis) is 1. The molecule has 7 heteroatoms. The molecule has 1 aromatic heterocycles. The summed E-state index contributed by atoms with van der Waals surface area (Å²) >= 11 is 1.20. The van der Waals surface area contributed by atoms with Gasteiger partial charge >= 0.3 is 6.09 Å². The minimum Gasteiger partial charge on any atom is -0.450 e. The summed E-state index contributed by atoms with van der Waals surface area (Å²) in [5.74, 6) is -0.939. The normalized spacial score (nSPS) is 10.0. The van der Waals surface area contributed by atoms with Crippen molar-refractivity contribution >= 4 is 34.2 Å². The molecule has 2 N–H and O–H groups in total. The monoisotopic (exact) mass is 332 g/mol. The molecule has 6 nitrogen and oxygen atoms in total. The van der Waals surface area contributed by atoms with Gasteiger partial charge in [0.15, 0.2) is 0 Å². The molecule has 23 heavy (non-hydrogen) atoms. The van der Waals surface area contributed by atoms with Crippen molar-refractivity contribution in [2.24, 2.45) is 0 Å². The quantitative estimate of drug-likeness (QED) is 0.900. The highest BCUT2D eigenvalue weighted by Gasteiger charge is 2.18. The maximum Gasteiger partial charge on any atom is 0.414 e. The minimum absolute atomic E-state index is 0.166. The number of carbonyl (C=O) groups is 3. The average Bonchev–Trinajstić information content (AvgIpc) is 2.95. The Labute approximate surface area is 137 Å². The van der Waals surface area contributed by atoms with Gasteiger partial charge in [0, 0.05) is 5.56 Å². The van der Waals surface area contributed by atoms with E-state index in [1.54, 1.807) is 30.5 Å². The average molecular weight is 332 g/mol. The van der Waals surface area contributed by atoms with Crippen LogP contribution in [0.2, 0.25) is 0 Å². The maximum atomic E-state index is 12.2. The number of nitrogens with one attached hydrogen (secondary N) is 2. The zero-order chi connectivity index (χ0) is 16.8. The van der Waals surface area contributed by atoms with Crippen LogP contribution in [-0.2, 0) is 4.74 Å². The summed E-state index contributed by atoms with van der Waals surface area (Å²) < 4.78 is 4.66. The topological polar surface area (TPSA) is 84.5 Å². The number of aryl methyl sites for hydroxylation is 1. The summed E-state index contributed by atoms with van der Waals surface area (Å²) in [5.41, 5.74) is 1.67. The zero-order valence-electron chi connectivity index (χ0n) is 12.7. The first-order valence-corrected chi connectivity index (χ1v) is 7.83. The zero-order valence-corrected chi connectivity index (χ0v) is 13.5. The van der Waals surface area contributed by atoms with Crippen LogP contribution >= 0.6 is 11.3 Å². The summed E-state index contributed by atoms with van der Waals surface area (Å²) in [6, 6.07) is 8.65. The van der Waals surface area contributed by atoms with Gasteiger partial charge < -0.3 is 10.1 Å². The first-order valence-electron chi connectivity index (χ1n) is 6.95. The van der Waals surface area contributed by atoms with Crippen LogP contribution in [-0.4, -0.2) is 24.5 Å². The van der Waals surface area contributed by atoms with Crippen molar-refractivity contribution in [2.45, 2.75) is 13.8 Å². The Bertz CT molecular complexity index is 739. The fourth-order valence-electron chi connectivity index (χ4n) is 1.87. The van der Waals surface area contributed by atoms with Crippen LogP contribution in [0.3, 0.4) is 0 Å². The second-order valence-corrected chi connectivity index (χ2v) is 5.58. The SMILES string of the molecule is CCOC(=O)NC(=O)c1ccsc1NC(=O)c1cccc(C)c1. The van der Waals surface area contributed by atoms with E-state index in [1.807, 2.05) is 13.0 Å². The molecule has 0 atom stereocenters. The Morgan fingerprint density at radius 2 is 1.96 bits per heavy atom. The number of imide groups is 1. The number of amides is 3. The molecule has 1 aromatic carbocycles. The van der Waals surface area contributed by atoms with Crippen LogP contribution in [0.5, 0.6) is 0 Å². The number of hydrogen-bond acceptors (Lipinski definition) is 5. The molecular formula is C16H16N2O4S. The number of anilines is 1. The highest BCUT2D eigenvalue weighted by atomic mass is 32.1. The predicted molar refractivity (Wildman–Crippen MR) is 87.9 cm³/mol. The van der Waals surface area contributed by atoms with Crippen molar-refractivity contribution in [1.29, 1.82) is 0 Å². The van der Waals surface area contributed by atoms with Crippen LogP contribution in [0.15, 0.2) is 35.7 Å². The van der Waals surface area contributed by atoms with Crippen LogP contribution < -0.4 is 10.6 Å². The van der Waals surface area contributed by atoms with E-state index < -0.39 is 12.0 Å². The van der Waals surface area contributed by atoms with Gasteiger partial charge in [-0.2, -0.15) is 0 Å². The number of thiophene rings is 1. The first kappa shape index (κ1) is 16.7. The molecule has 1 heterocycles. The number of carbonyl (C=O) groups excluding carboxylic acids is 3. The van der Waals surface area contributed by atoms with Gasteiger partial charge in [-0.1, -0.05) is 17.7 Å². The van der Waals surface area contributed by atoms with E-state index in [0.717, 1.165) is 5.56 Å². The summed E-state index contributed by atoms with van der Waals surface area (Å²) in [6.45, 7) is 3.70. The lowest BCUT2D eigenvalue weighted by molar-refractivity contribution is 0.0926. The molecule has 0 aliphatic carbocycles. The van der Waals surface area contributed by atoms with E-state index in [0.29, 0.717) is 10.6 Å². The summed E-state index contributed by atoms with van der Waals surface area (Å²) in [7, 11) is 0. The van der Waals surface area contributed by atoms with E-state index in [2.05, 4.69) is 15.4 Å². The molecule has 0 radical (unpaired) electrons. The number of benzene rings is 1. The molecule has 2 rings (SSSR count). The smallest absolute Gasteiger partial charge is 0.414 e. The largest absolute Gasteiger partial charge is 0.450 e. The number of hydrogen-bond donors (Lipinski definition) is 2. The van der Waals surface area contributed by atoms with Crippen molar-refractivity contribution in [2.75, 3.05) is 11.9 Å². The van der Waals surface area contributed by atoms with Gasteiger partial charge in [-0.05, 0) is 37.4 Å². The molecule has 0 unspecified atom stereocenters. The minimum atomic E-state index is -0.820. The fraction of sp³-hybridized carbons (Fsp3) is 0.188. The van der Waals surface area contributed by atoms with Crippen LogP contribution in [0.4, 0.5) is 9.80 Å². The van der Waals surface area contributed by atoms with Crippen LogP contribution in [0, 0.1) is 6.92 Å². The van der Waals surface area contributed by atoms with Gasteiger partial charge in [0.1, 0.15) is 5.00 Å². The highest BCUT2D eigenvalue weighted by molar-refractivity contribution is 7.14. The fourth-order valence-corrected chi connectivity index (χ4v) is 2.65. The van der Waals surface area contributed by atoms with Gasteiger partial charge in [0.2, 0.25) is 0 Å². The van der Waals surface area contributed by atoms with Gasteiger partial charge in [-0.3, -0.25) is 14.9 Å². The lowest BCUT2D eigenvalue weighted by atomic mass is 10.1. The molecule has 0 fully saturated rings. The summed E-state index contributed by atoms with van der Waals surface area (Å²) in [4.78, 5) is 35.6. The Morgan fingerprint density at radius 3 is 2.65 bits per heavy atom. The number of rotatable bonds is 4. The van der Waals surface area contributed by atoms with Gasteiger partial charge in [0.05, 0.1) is 12.2 Å². The van der Waals surface area contributed by atoms with Gasteiger partial charge in [-0.25, -0.2) is 4.79 Å². The second kappa shape index (κ2) is 7.55. The van der Waals surface area contributed by atoms with E-state index >= 15 is 0 Å².